The summed E-state index contributed by atoms with van der Waals surface area (Å²) in [5, 5.41) is 8.97. The third kappa shape index (κ3) is 3.75. The lowest BCUT2D eigenvalue weighted by Crippen LogP contribution is -2.28. The fourth-order valence-corrected chi connectivity index (χ4v) is 5.54. The van der Waals surface area contributed by atoms with Gasteiger partial charge in [-0.05, 0) is 73.9 Å². The highest BCUT2D eigenvalue weighted by molar-refractivity contribution is 5.72. The molecule has 2 saturated heterocycles. The Hall–Kier alpha value is -2.64. The number of hydrogen-bond donors (Lipinski definition) is 0. The van der Waals surface area contributed by atoms with E-state index >= 15 is 0 Å². The van der Waals surface area contributed by atoms with Gasteiger partial charge in [0.1, 0.15) is 11.8 Å². The van der Waals surface area contributed by atoms with Gasteiger partial charge in [0.25, 0.3) is 0 Å². The lowest BCUT2D eigenvalue weighted by Gasteiger charge is -2.21. The van der Waals surface area contributed by atoms with Crippen LogP contribution in [-0.4, -0.2) is 42.1 Å². The van der Waals surface area contributed by atoms with E-state index in [1.54, 1.807) is 0 Å². The second-order valence-corrected chi connectivity index (χ2v) is 9.15. The Balaban J connectivity index is 1.22. The molecule has 3 aliphatic rings. The molecule has 2 aliphatic heterocycles. The van der Waals surface area contributed by atoms with Crippen LogP contribution in [0.4, 0.5) is 5.69 Å². The van der Waals surface area contributed by atoms with E-state index in [-0.39, 0.29) is 0 Å². The van der Waals surface area contributed by atoms with Crippen LogP contribution >= 0.6 is 0 Å². The second kappa shape index (κ2) is 8.24. The van der Waals surface area contributed by atoms with Gasteiger partial charge in [0.2, 0.25) is 0 Å². The van der Waals surface area contributed by atoms with E-state index in [1.165, 1.54) is 42.6 Å². The highest BCUT2D eigenvalue weighted by Gasteiger charge is 2.38. The normalized spacial score (nSPS) is 25.9. The largest absolute Gasteiger partial charge is 0.369 e. The van der Waals surface area contributed by atoms with Crippen LogP contribution < -0.4 is 4.90 Å². The molecule has 1 aromatic carbocycles. The summed E-state index contributed by atoms with van der Waals surface area (Å²) in [6.07, 6.45) is 9.32. The Kier molecular flexibility index (Phi) is 5.31. The molecular formula is C26H30N4. The van der Waals surface area contributed by atoms with Crippen LogP contribution in [0, 0.1) is 23.2 Å². The number of rotatable bonds is 5. The van der Waals surface area contributed by atoms with Gasteiger partial charge in [-0.15, -0.1) is 0 Å². The number of likely N-dealkylation sites (tertiary alicyclic amines) is 1. The minimum atomic E-state index is 0.484. The van der Waals surface area contributed by atoms with E-state index in [1.807, 2.05) is 18.3 Å². The molecule has 0 bridgehead atoms. The Morgan fingerprint density at radius 1 is 1.13 bits per heavy atom. The van der Waals surface area contributed by atoms with Gasteiger partial charge in [-0.3, -0.25) is 0 Å². The standard InChI is InChI=1S/C26H30N4/c1-19-3-2-13-29(19)14-12-20-4-6-21(7-5-20)25-11-8-22-17-30(18-26(22)25)24-10-9-23(15-27)28-16-24/h4-7,9-11,16,19,22,26H,2-3,8,12-14,17-18H2,1H3. The molecule has 0 saturated carbocycles. The molecule has 4 nitrogen and oxygen atoms in total. The van der Waals surface area contributed by atoms with Gasteiger partial charge in [0, 0.05) is 31.6 Å². The van der Waals surface area contributed by atoms with Crippen molar-refractivity contribution in [3.63, 3.8) is 0 Å². The third-order valence-electron chi connectivity index (χ3n) is 7.37. The molecule has 3 unspecified atom stereocenters. The van der Waals surface area contributed by atoms with Gasteiger partial charge in [-0.25, -0.2) is 4.98 Å². The molecule has 5 rings (SSSR count). The molecule has 3 heterocycles. The molecule has 2 aromatic rings. The van der Waals surface area contributed by atoms with Crippen LogP contribution in [0.15, 0.2) is 48.7 Å². The van der Waals surface area contributed by atoms with Crippen molar-refractivity contribution < 1.29 is 0 Å². The summed E-state index contributed by atoms with van der Waals surface area (Å²) >= 11 is 0. The monoisotopic (exact) mass is 398 g/mol. The summed E-state index contributed by atoms with van der Waals surface area (Å²) in [6, 6.07) is 16.1. The van der Waals surface area contributed by atoms with Crippen LogP contribution in [0.5, 0.6) is 0 Å². The van der Waals surface area contributed by atoms with Gasteiger partial charge in [-0.2, -0.15) is 5.26 Å². The molecule has 1 aliphatic carbocycles. The highest BCUT2D eigenvalue weighted by Crippen LogP contribution is 2.44. The van der Waals surface area contributed by atoms with Gasteiger partial charge in [-0.1, -0.05) is 30.3 Å². The summed E-state index contributed by atoms with van der Waals surface area (Å²) in [5.74, 6) is 1.28. The van der Waals surface area contributed by atoms with Crippen LogP contribution in [0.25, 0.3) is 5.57 Å². The minimum absolute atomic E-state index is 0.484. The summed E-state index contributed by atoms with van der Waals surface area (Å²) in [4.78, 5) is 9.31. The van der Waals surface area contributed by atoms with E-state index in [0.29, 0.717) is 17.5 Å². The highest BCUT2D eigenvalue weighted by atomic mass is 15.2. The Morgan fingerprint density at radius 2 is 2.00 bits per heavy atom. The van der Waals surface area contributed by atoms with Crippen molar-refractivity contribution in [1.29, 1.82) is 5.26 Å². The molecule has 4 heteroatoms. The van der Waals surface area contributed by atoms with E-state index in [9.17, 15) is 0 Å². The molecule has 0 spiro atoms. The van der Waals surface area contributed by atoms with Crippen LogP contribution in [0.1, 0.15) is 43.0 Å². The first-order valence-electron chi connectivity index (χ1n) is 11.4. The topological polar surface area (TPSA) is 43.2 Å². The summed E-state index contributed by atoms with van der Waals surface area (Å²) in [7, 11) is 0. The van der Waals surface area contributed by atoms with Crippen molar-refractivity contribution >= 4 is 11.3 Å². The first-order valence-corrected chi connectivity index (χ1v) is 11.4. The maximum Gasteiger partial charge on any atom is 0.140 e. The summed E-state index contributed by atoms with van der Waals surface area (Å²) in [6.45, 7) is 6.92. The molecule has 0 radical (unpaired) electrons. The van der Waals surface area contributed by atoms with Crippen LogP contribution in [0.2, 0.25) is 0 Å². The first-order chi connectivity index (χ1) is 14.7. The zero-order valence-electron chi connectivity index (χ0n) is 17.8. The van der Waals surface area contributed by atoms with Crippen molar-refractivity contribution in [3.8, 4) is 6.07 Å². The lowest BCUT2D eigenvalue weighted by atomic mass is 9.90. The number of aromatic nitrogens is 1. The van der Waals surface area contributed by atoms with Gasteiger partial charge < -0.3 is 9.80 Å². The SMILES string of the molecule is CC1CCCN1CCc1ccc(C2=CCC3CN(c4ccc(C#N)nc4)CC23)cc1. The van der Waals surface area contributed by atoms with Gasteiger partial charge in [0.15, 0.2) is 0 Å². The van der Waals surface area contributed by atoms with E-state index in [2.05, 4.69) is 58.1 Å². The molecule has 2 fully saturated rings. The van der Waals surface area contributed by atoms with Crippen molar-refractivity contribution in [1.82, 2.24) is 9.88 Å². The van der Waals surface area contributed by atoms with Crippen molar-refractivity contribution in [2.45, 2.75) is 38.6 Å². The van der Waals surface area contributed by atoms with E-state index in [0.717, 1.165) is 37.7 Å². The molecule has 0 amide bonds. The van der Waals surface area contributed by atoms with Crippen molar-refractivity contribution in [2.24, 2.45) is 11.8 Å². The fourth-order valence-electron chi connectivity index (χ4n) is 5.54. The van der Waals surface area contributed by atoms with Crippen LogP contribution in [0.3, 0.4) is 0 Å². The second-order valence-electron chi connectivity index (χ2n) is 9.15. The van der Waals surface area contributed by atoms with Crippen molar-refractivity contribution in [3.05, 3.63) is 65.5 Å². The van der Waals surface area contributed by atoms with Gasteiger partial charge in [0.05, 0.1) is 11.9 Å². The minimum Gasteiger partial charge on any atom is -0.369 e. The third-order valence-corrected chi connectivity index (χ3v) is 7.37. The zero-order valence-corrected chi connectivity index (χ0v) is 17.8. The van der Waals surface area contributed by atoms with Crippen LogP contribution in [-0.2, 0) is 6.42 Å². The number of benzene rings is 1. The Morgan fingerprint density at radius 3 is 2.70 bits per heavy atom. The smallest absolute Gasteiger partial charge is 0.140 e. The summed E-state index contributed by atoms with van der Waals surface area (Å²) in [5.41, 5.74) is 5.97. The number of allylic oxidation sites excluding steroid dienone is 1. The maximum atomic E-state index is 8.97. The lowest BCUT2D eigenvalue weighted by molar-refractivity contribution is 0.272. The summed E-state index contributed by atoms with van der Waals surface area (Å²) < 4.78 is 0. The van der Waals surface area contributed by atoms with E-state index in [4.69, 9.17) is 5.26 Å². The average Bonchev–Trinajstić information content (AvgIpc) is 3.49. The van der Waals surface area contributed by atoms with E-state index < -0.39 is 0 Å². The predicted molar refractivity (Wildman–Crippen MR) is 121 cm³/mol. The fraction of sp³-hybridized carbons (Fsp3) is 0.462. The molecule has 3 atom stereocenters. The molecule has 0 N–H and O–H groups in total. The Labute approximate surface area is 179 Å². The molecule has 154 valence electrons. The first kappa shape index (κ1) is 19.3. The average molecular weight is 399 g/mol. The van der Waals surface area contributed by atoms with Gasteiger partial charge >= 0.3 is 0 Å². The number of nitriles is 1. The zero-order chi connectivity index (χ0) is 20.5. The number of hydrogen-bond acceptors (Lipinski definition) is 4. The maximum absolute atomic E-state index is 8.97. The van der Waals surface area contributed by atoms with Crippen molar-refractivity contribution in [2.75, 3.05) is 31.1 Å². The molecule has 30 heavy (non-hydrogen) atoms. The number of fused-ring (bicyclic) bond motifs is 1. The Bertz CT molecular complexity index is 954. The molecule has 1 aromatic heterocycles. The number of pyridine rings is 1. The number of nitrogens with zero attached hydrogens (tertiary/aromatic N) is 4. The predicted octanol–water partition coefficient (Wildman–Crippen LogP) is 4.52. The quantitative estimate of drug-likeness (QED) is 0.743. The molecular weight excluding hydrogens is 368 g/mol. The number of anilines is 1.